The van der Waals surface area contributed by atoms with E-state index in [0.717, 1.165) is 0 Å². The molecule has 0 radical (unpaired) electrons. The Labute approximate surface area is 119 Å². The highest BCUT2D eigenvalue weighted by molar-refractivity contribution is 6.32. The summed E-state index contributed by atoms with van der Waals surface area (Å²) in [7, 11) is 0. The summed E-state index contributed by atoms with van der Waals surface area (Å²) in [5.74, 6) is -2.80. The molecule has 1 aliphatic heterocycles. The molecule has 21 heavy (non-hydrogen) atoms. The summed E-state index contributed by atoms with van der Waals surface area (Å²) in [6.45, 7) is 5.63. The van der Waals surface area contributed by atoms with Gasteiger partial charge in [0.2, 0.25) is 0 Å². The van der Waals surface area contributed by atoms with Crippen molar-refractivity contribution in [1.82, 2.24) is 5.01 Å². The first-order valence-corrected chi connectivity index (χ1v) is 6.23. The zero-order valence-corrected chi connectivity index (χ0v) is 12.1. The molecule has 0 unspecified atom stereocenters. The third kappa shape index (κ3) is 3.17. The molecule has 1 amide bonds. The number of carbonyl (C=O) groups is 2. The Morgan fingerprint density at radius 2 is 1.90 bits per heavy atom. The molecule has 0 saturated carbocycles. The van der Waals surface area contributed by atoms with Crippen LogP contribution in [0.1, 0.15) is 34.1 Å². The lowest BCUT2D eigenvalue weighted by Crippen LogP contribution is -2.56. The second-order valence-corrected chi connectivity index (χ2v) is 5.63. The van der Waals surface area contributed by atoms with Gasteiger partial charge in [0.15, 0.2) is 5.72 Å². The molecule has 1 heterocycles. The van der Waals surface area contributed by atoms with Gasteiger partial charge in [-0.3, -0.25) is 4.79 Å². The average Bonchev–Trinajstić information content (AvgIpc) is 2.67. The van der Waals surface area contributed by atoms with Crippen LogP contribution in [0.4, 0.5) is 13.2 Å². The largest absolute Gasteiger partial charge is 0.459 e. The molecular weight excluding hydrogens is 293 g/mol. The van der Waals surface area contributed by atoms with E-state index in [9.17, 15) is 27.9 Å². The number of hydrogen-bond acceptors (Lipinski definition) is 5. The van der Waals surface area contributed by atoms with Crippen molar-refractivity contribution in [2.75, 3.05) is 6.61 Å². The average molecular weight is 310 g/mol. The van der Waals surface area contributed by atoms with Gasteiger partial charge in [0.05, 0.1) is 6.61 Å². The Hall–Kier alpha value is -1.64. The summed E-state index contributed by atoms with van der Waals surface area (Å²) in [5, 5.41) is 13.8. The summed E-state index contributed by atoms with van der Waals surface area (Å²) in [6.07, 6.45) is -5.71. The first kappa shape index (κ1) is 17.4. The standard InChI is InChI=1S/C12H17F3N2O4/c1-5-21-9(19)8(18)17-11(20,10(2,3)4)6-7(16-17)12(13,14)15/h20H,5-6H2,1-4H3/t11-/m1/s1. The van der Waals surface area contributed by atoms with Crippen LogP contribution in [0.2, 0.25) is 0 Å². The minimum atomic E-state index is -4.80. The normalized spacial score (nSPS) is 23.0. The molecule has 0 aromatic heterocycles. The third-order valence-corrected chi connectivity index (χ3v) is 3.16. The fraction of sp³-hybridized carbons (Fsp3) is 0.750. The number of rotatable bonds is 1. The maximum atomic E-state index is 12.8. The van der Waals surface area contributed by atoms with Gasteiger partial charge < -0.3 is 9.84 Å². The summed E-state index contributed by atoms with van der Waals surface area (Å²) >= 11 is 0. The van der Waals surface area contributed by atoms with Crippen LogP contribution in [-0.2, 0) is 14.3 Å². The molecule has 0 saturated heterocycles. The quantitative estimate of drug-likeness (QED) is 0.587. The lowest BCUT2D eigenvalue weighted by atomic mass is 9.80. The molecule has 0 fully saturated rings. The molecule has 1 atom stereocenters. The molecular formula is C12H17F3N2O4. The second-order valence-electron chi connectivity index (χ2n) is 5.63. The Morgan fingerprint density at radius 1 is 1.38 bits per heavy atom. The van der Waals surface area contributed by atoms with Gasteiger partial charge in [0, 0.05) is 11.8 Å². The molecule has 0 spiro atoms. The minimum Gasteiger partial charge on any atom is -0.459 e. The monoisotopic (exact) mass is 310 g/mol. The fourth-order valence-corrected chi connectivity index (χ4v) is 1.78. The molecule has 1 rings (SSSR count). The third-order valence-electron chi connectivity index (χ3n) is 3.16. The number of nitrogens with zero attached hydrogens (tertiary/aromatic N) is 2. The molecule has 0 bridgehead atoms. The zero-order chi connectivity index (χ0) is 16.6. The number of alkyl halides is 3. The number of esters is 1. The molecule has 6 nitrogen and oxygen atoms in total. The number of halogens is 3. The van der Waals surface area contributed by atoms with Crippen molar-refractivity contribution < 1.29 is 32.6 Å². The second kappa shape index (κ2) is 5.28. The Balaban J connectivity index is 3.24. The van der Waals surface area contributed by atoms with Gasteiger partial charge in [-0.15, -0.1) is 0 Å². The van der Waals surface area contributed by atoms with Crippen molar-refractivity contribution in [2.45, 2.75) is 46.0 Å². The van der Waals surface area contributed by atoms with Crippen LogP contribution in [0, 0.1) is 5.41 Å². The van der Waals surface area contributed by atoms with Crippen molar-refractivity contribution in [2.24, 2.45) is 10.5 Å². The number of hydrazone groups is 1. The van der Waals surface area contributed by atoms with Gasteiger partial charge in [-0.05, 0) is 6.92 Å². The number of carbonyl (C=O) groups excluding carboxylic acids is 2. The topological polar surface area (TPSA) is 79.2 Å². The Morgan fingerprint density at radius 3 is 2.29 bits per heavy atom. The van der Waals surface area contributed by atoms with Crippen molar-refractivity contribution in [3.8, 4) is 0 Å². The van der Waals surface area contributed by atoms with Crippen LogP contribution in [0.5, 0.6) is 0 Å². The van der Waals surface area contributed by atoms with E-state index in [2.05, 4.69) is 9.84 Å². The highest BCUT2D eigenvalue weighted by Gasteiger charge is 2.58. The molecule has 1 N–H and O–H groups in total. The number of ether oxygens (including phenoxy) is 1. The van der Waals surface area contributed by atoms with Crippen molar-refractivity contribution in [1.29, 1.82) is 0 Å². The van der Waals surface area contributed by atoms with Gasteiger partial charge in [0.1, 0.15) is 5.71 Å². The first-order valence-electron chi connectivity index (χ1n) is 6.23. The maximum Gasteiger partial charge on any atom is 0.431 e. The van der Waals surface area contributed by atoms with E-state index in [1.165, 1.54) is 27.7 Å². The Bertz CT molecular complexity index is 482. The van der Waals surface area contributed by atoms with E-state index in [1.54, 1.807) is 0 Å². The molecule has 0 aromatic carbocycles. The maximum absolute atomic E-state index is 12.8. The zero-order valence-electron chi connectivity index (χ0n) is 12.1. The molecule has 0 aliphatic carbocycles. The van der Waals surface area contributed by atoms with Gasteiger partial charge >= 0.3 is 18.1 Å². The molecule has 9 heteroatoms. The van der Waals surface area contributed by atoms with Gasteiger partial charge in [-0.1, -0.05) is 20.8 Å². The van der Waals surface area contributed by atoms with Gasteiger partial charge in [-0.2, -0.15) is 23.3 Å². The van der Waals surface area contributed by atoms with Crippen LogP contribution in [-0.4, -0.2) is 46.2 Å². The molecule has 1 aliphatic rings. The number of aliphatic hydroxyl groups is 1. The highest BCUT2D eigenvalue weighted by atomic mass is 19.4. The predicted octanol–water partition coefficient (Wildman–Crippen LogP) is 1.43. The van der Waals surface area contributed by atoms with E-state index in [0.29, 0.717) is 0 Å². The van der Waals surface area contributed by atoms with Crippen LogP contribution < -0.4 is 0 Å². The fourth-order valence-electron chi connectivity index (χ4n) is 1.78. The highest BCUT2D eigenvalue weighted by Crippen LogP contribution is 2.43. The molecule has 120 valence electrons. The minimum absolute atomic E-state index is 0.123. The lowest BCUT2D eigenvalue weighted by Gasteiger charge is -2.41. The lowest BCUT2D eigenvalue weighted by molar-refractivity contribution is -0.190. The van der Waals surface area contributed by atoms with E-state index in [-0.39, 0.29) is 11.6 Å². The van der Waals surface area contributed by atoms with E-state index < -0.39 is 41.3 Å². The SMILES string of the molecule is CCOC(=O)C(=O)N1N=C(C(F)(F)F)C[C@@]1(O)C(C)(C)C. The van der Waals surface area contributed by atoms with Crippen LogP contribution in [0.15, 0.2) is 5.10 Å². The Kier molecular flexibility index (Phi) is 4.38. The van der Waals surface area contributed by atoms with E-state index in [1.807, 2.05) is 0 Å². The van der Waals surface area contributed by atoms with Crippen LogP contribution in [0.25, 0.3) is 0 Å². The summed E-state index contributed by atoms with van der Waals surface area (Å²) in [5.41, 5.74) is -4.74. The van der Waals surface area contributed by atoms with Crippen molar-refractivity contribution in [3.63, 3.8) is 0 Å². The van der Waals surface area contributed by atoms with Crippen molar-refractivity contribution >= 4 is 17.6 Å². The van der Waals surface area contributed by atoms with Crippen LogP contribution in [0.3, 0.4) is 0 Å². The summed E-state index contributed by atoms with van der Waals surface area (Å²) in [6, 6.07) is 0. The number of amides is 1. The summed E-state index contributed by atoms with van der Waals surface area (Å²) in [4.78, 5) is 23.3. The van der Waals surface area contributed by atoms with Crippen LogP contribution >= 0.6 is 0 Å². The summed E-state index contributed by atoms with van der Waals surface area (Å²) < 4.78 is 42.8. The smallest absolute Gasteiger partial charge is 0.431 e. The first-order chi connectivity index (χ1) is 9.34. The van der Waals surface area contributed by atoms with E-state index >= 15 is 0 Å². The van der Waals surface area contributed by atoms with Crippen molar-refractivity contribution in [3.05, 3.63) is 0 Å². The van der Waals surface area contributed by atoms with Gasteiger partial charge in [-0.25, -0.2) is 4.79 Å². The molecule has 0 aromatic rings. The predicted molar refractivity (Wildman–Crippen MR) is 66.0 cm³/mol. The van der Waals surface area contributed by atoms with E-state index in [4.69, 9.17) is 0 Å². The number of hydrogen-bond donors (Lipinski definition) is 1. The van der Waals surface area contributed by atoms with Gasteiger partial charge in [0.25, 0.3) is 0 Å².